The number of imidazole rings is 1. The lowest BCUT2D eigenvalue weighted by molar-refractivity contribution is -0.00678. The summed E-state index contributed by atoms with van der Waals surface area (Å²) < 4.78 is 5.92. The SMILES string of the molecule is c1ncc([C@@H]2CC[C@@H](NCC3CCCC3)CO2)[nH]1. The Bertz CT molecular complexity index is 338. The average Bonchev–Trinajstić information content (AvgIpc) is 3.10. The number of H-pyrrole nitrogens is 1. The Morgan fingerprint density at radius 1 is 1.28 bits per heavy atom. The number of aromatic nitrogens is 2. The highest BCUT2D eigenvalue weighted by atomic mass is 16.5. The quantitative estimate of drug-likeness (QED) is 0.861. The number of hydrogen-bond donors (Lipinski definition) is 2. The summed E-state index contributed by atoms with van der Waals surface area (Å²) in [5.74, 6) is 0.912. The van der Waals surface area contributed by atoms with E-state index in [9.17, 15) is 0 Å². The van der Waals surface area contributed by atoms with Crippen LogP contribution >= 0.6 is 0 Å². The van der Waals surface area contributed by atoms with Gasteiger partial charge in [-0.15, -0.1) is 0 Å². The molecule has 1 aliphatic heterocycles. The molecule has 4 heteroatoms. The summed E-state index contributed by atoms with van der Waals surface area (Å²) in [5.41, 5.74) is 1.12. The summed E-state index contributed by atoms with van der Waals surface area (Å²) in [6.45, 7) is 2.01. The number of nitrogens with one attached hydrogen (secondary N) is 2. The zero-order valence-corrected chi connectivity index (χ0v) is 10.9. The third kappa shape index (κ3) is 2.93. The van der Waals surface area contributed by atoms with Gasteiger partial charge in [-0.3, -0.25) is 0 Å². The van der Waals surface area contributed by atoms with Crippen LogP contribution in [0.1, 0.15) is 50.3 Å². The second-order valence-electron chi connectivity index (χ2n) is 5.66. The topological polar surface area (TPSA) is 49.9 Å². The second-order valence-corrected chi connectivity index (χ2v) is 5.66. The van der Waals surface area contributed by atoms with Gasteiger partial charge >= 0.3 is 0 Å². The Morgan fingerprint density at radius 2 is 2.17 bits per heavy atom. The maximum Gasteiger partial charge on any atom is 0.0989 e. The highest BCUT2D eigenvalue weighted by Gasteiger charge is 2.24. The van der Waals surface area contributed by atoms with Gasteiger partial charge in [0, 0.05) is 6.04 Å². The minimum atomic E-state index is 0.219. The van der Waals surface area contributed by atoms with Crippen molar-refractivity contribution in [3.8, 4) is 0 Å². The zero-order valence-electron chi connectivity index (χ0n) is 10.9. The summed E-state index contributed by atoms with van der Waals surface area (Å²) >= 11 is 0. The molecule has 0 aromatic carbocycles. The van der Waals surface area contributed by atoms with Gasteiger partial charge in [-0.25, -0.2) is 4.98 Å². The minimum Gasteiger partial charge on any atom is -0.370 e. The maximum absolute atomic E-state index is 5.92. The molecule has 2 aliphatic rings. The molecule has 1 saturated heterocycles. The third-order valence-electron chi connectivity index (χ3n) is 4.31. The molecule has 2 N–H and O–H groups in total. The fraction of sp³-hybridized carbons (Fsp3) is 0.786. The third-order valence-corrected chi connectivity index (χ3v) is 4.31. The molecule has 2 heterocycles. The maximum atomic E-state index is 5.92. The summed E-state index contributed by atoms with van der Waals surface area (Å²) in [5, 5.41) is 3.68. The molecule has 0 unspecified atom stereocenters. The Balaban J connectivity index is 1.40. The van der Waals surface area contributed by atoms with Gasteiger partial charge in [0.1, 0.15) is 0 Å². The highest BCUT2D eigenvalue weighted by molar-refractivity contribution is 5.01. The van der Waals surface area contributed by atoms with Crippen LogP contribution in [-0.4, -0.2) is 29.2 Å². The van der Waals surface area contributed by atoms with Crippen molar-refractivity contribution in [3.63, 3.8) is 0 Å². The van der Waals surface area contributed by atoms with Crippen molar-refractivity contribution >= 4 is 0 Å². The molecule has 3 rings (SSSR count). The van der Waals surface area contributed by atoms with Crippen LogP contribution in [0.15, 0.2) is 12.5 Å². The molecule has 0 spiro atoms. The van der Waals surface area contributed by atoms with Crippen molar-refractivity contribution in [1.82, 2.24) is 15.3 Å². The van der Waals surface area contributed by atoms with Crippen LogP contribution in [0.4, 0.5) is 0 Å². The van der Waals surface area contributed by atoms with Crippen LogP contribution in [0.5, 0.6) is 0 Å². The van der Waals surface area contributed by atoms with Crippen LogP contribution in [0, 0.1) is 5.92 Å². The number of rotatable bonds is 4. The lowest BCUT2D eigenvalue weighted by Gasteiger charge is -2.29. The molecule has 1 aliphatic carbocycles. The van der Waals surface area contributed by atoms with E-state index < -0.39 is 0 Å². The average molecular weight is 249 g/mol. The number of ether oxygens (including phenoxy) is 1. The zero-order chi connectivity index (χ0) is 12.2. The van der Waals surface area contributed by atoms with E-state index >= 15 is 0 Å². The first-order valence-corrected chi connectivity index (χ1v) is 7.25. The van der Waals surface area contributed by atoms with E-state index in [2.05, 4.69) is 15.3 Å². The number of nitrogens with zero attached hydrogens (tertiary/aromatic N) is 1. The van der Waals surface area contributed by atoms with E-state index in [0.717, 1.165) is 24.6 Å². The lowest BCUT2D eigenvalue weighted by Crippen LogP contribution is -2.39. The molecule has 4 nitrogen and oxygen atoms in total. The molecule has 0 bridgehead atoms. The number of hydrogen-bond acceptors (Lipinski definition) is 3. The van der Waals surface area contributed by atoms with Crippen molar-refractivity contribution < 1.29 is 4.74 Å². The molecule has 0 radical (unpaired) electrons. The molecule has 1 saturated carbocycles. The first-order valence-electron chi connectivity index (χ1n) is 7.25. The standard InChI is InChI=1S/C14H23N3O/c1-2-4-11(3-1)7-16-12-5-6-14(18-9-12)13-8-15-10-17-13/h8,10-12,14,16H,1-7,9H2,(H,15,17)/t12-,14+/m1/s1. The first kappa shape index (κ1) is 12.2. The van der Waals surface area contributed by atoms with Gasteiger partial charge in [0.25, 0.3) is 0 Å². The minimum absolute atomic E-state index is 0.219. The molecule has 0 amide bonds. The molecule has 18 heavy (non-hydrogen) atoms. The second kappa shape index (κ2) is 5.85. The molecule has 2 fully saturated rings. The fourth-order valence-electron chi connectivity index (χ4n) is 3.15. The van der Waals surface area contributed by atoms with Crippen LogP contribution in [0.3, 0.4) is 0 Å². The van der Waals surface area contributed by atoms with E-state index in [1.807, 2.05) is 6.20 Å². The molecule has 100 valence electrons. The Hall–Kier alpha value is -0.870. The monoisotopic (exact) mass is 249 g/mol. The Morgan fingerprint density at radius 3 is 2.83 bits per heavy atom. The van der Waals surface area contributed by atoms with Gasteiger partial charge < -0.3 is 15.0 Å². The summed E-state index contributed by atoms with van der Waals surface area (Å²) in [4.78, 5) is 7.20. The smallest absolute Gasteiger partial charge is 0.0989 e. The van der Waals surface area contributed by atoms with E-state index in [1.165, 1.54) is 38.6 Å². The normalized spacial score (nSPS) is 29.8. The van der Waals surface area contributed by atoms with E-state index in [-0.39, 0.29) is 6.10 Å². The predicted octanol–water partition coefficient (Wildman–Crippen LogP) is 2.41. The fourth-order valence-corrected chi connectivity index (χ4v) is 3.15. The summed E-state index contributed by atoms with van der Waals surface area (Å²) in [6, 6.07) is 0.546. The number of aromatic amines is 1. The van der Waals surface area contributed by atoms with Crippen LogP contribution in [0.2, 0.25) is 0 Å². The van der Waals surface area contributed by atoms with Crippen molar-refractivity contribution in [2.75, 3.05) is 13.2 Å². The van der Waals surface area contributed by atoms with Crippen LogP contribution in [-0.2, 0) is 4.74 Å². The van der Waals surface area contributed by atoms with Gasteiger partial charge in [0.05, 0.1) is 30.9 Å². The first-order chi connectivity index (χ1) is 8.92. The summed E-state index contributed by atoms with van der Waals surface area (Å²) in [7, 11) is 0. The van der Waals surface area contributed by atoms with Gasteiger partial charge in [-0.1, -0.05) is 12.8 Å². The van der Waals surface area contributed by atoms with Gasteiger partial charge in [-0.2, -0.15) is 0 Å². The lowest BCUT2D eigenvalue weighted by atomic mass is 10.0. The highest BCUT2D eigenvalue weighted by Crippen LogP contribution is 2.27. The Kier molecular flexibility index (Phi) is 3.96. The van der Waals surface area contributed by atoms with Crippen molar-refractivity contribution in [2.24, 2.45) is 5.92 Å². The summed E-state index contributed by atoms with van der Waals surface area (Å²) in [6.07, 6.45) is 11.8. The molecular weight excluding hydrogens is 226 g/mol. The van der Waals surface area contributed by atoms with Gasteiger partial charge in [0.2, 0.25) is 0 Å². The molecule has 2 atom stereocenters. The predicted molar refractivity (Wildman–Crippen MR) is 70.3 cm³/mol. The van der Waals surface area contributed by atoms with Crippen LogP contribution < -0.4 is 5.32 Å². The van der Waals surface area contributed by atoms with Gasteiger partial charge in [0.15, 0.2) is 0 Å². The van der Waals surface area contributed by atoms with E-state index in [4.69, 9.17) is 4.74 Å². The van der Waals surface area contributed by atoms with E-state index in [1.54, 1.807) is 6.33 Å². The Labute approximate surface area is 109 Å². The molecule has 1 aromatic rings. The molecular formula is C14H23N3O. The largest absolute Gasteiger partial charge is 0.370 e. The van der Waals surface area contributed by atoms with Crippen molar-refractivity contribution in [3.05, 3.63) is 18.2 Å². The van der Waals surface area contributed by atoms with Gasteiger partial charge in [-0.05, 0) is 38.1 Å². The van der Waals surface area contributed by atoms with Crippen molar-refractivity contribution in [1.29, 1.82) is 0 Å². The van der Waals surface area contributed by atoms with Crippen LogP contribution in [0.25, 0.3) is 0 Å². The molecule has 1 aromatic heterocycles. The van der Waals surface area contributed by atoms with E-state index in [0.29, 0.717) is 6.04 Å². The van der Waals surface area contributed by atoms with Crippen molar-refractivity contribution in [2.45, 2.75) is 50.7 Å².